The minimum Gasteiger partial charge on any atom is -0.369 e. The molecule has 1 aromatic carbocycles. The first-order valence-corrected chi connectivity index (χ1v) is 6.54. The second-order valence-corrected chi connectivity index (χ2v) is 5.22. The number of hydrogen-bond acceptors (Lipinski definition) is 2. The molecule has 0 amide bonds. The predicted molar refractivity (Wildman–Crippen MR) is 71.1 cm³/mol. The number of hydrogen-bond donors (Lipinski definition) is 1. The number of imidazole rings is 1. The first-order valence-electron chi connectivity index (χ1n) is 6.16. The van der Waals surface area contributed by atoms with Crippen LogP contribution in [0.1, 0.15) is 25.7 Å². The normalized spacial score (nSPS) is 16.3. The number of benzene rings is 1. The number of aromatic nitrogens is 2. The fraction of sp³-hybridized carbons (Fsp3) is 0.462. The molecule has 0 bridgehead atoms. The molecule has 0 unspecified atom stereocenters. The third-order valence-electron chi connectivity index (χ3n) is 3.74. The van der Waals surface area contributed by atoms with Crippen molar-refractivity contribution in [2.75, 3.05) is 5.73 Å². The SMILES string of the molecule is Nc1nc2c(Cl)cccc2n1CCC1CCC1. The summed E-state index contributed by atoms with van der Waals surface area (Å²) in [5.74, 6) is 1.46. The summed E-state index contributed by atoms with van der Waals surface area (Å²) in [6.07, 6.45) is 5.32. The van der Waals surface area contributed by atoms with E-state index in [0.717, 1.165) is 23.5 Å². The van der Waals surface area contributed by atoms with Gasteiger partial charge in [0, 0.05) is 6.54 Å². The summed E-state index contributed by atoms with van der Waals surface area (Å²) in [5.41, 5.74) is 7.83. The second-order valence-electron chi connectivity index (χ2n) is 4.81. The van der Waals surface area contributed by atoms with Crippen LogP contribution >= 0.6 is 11.6 Å². The van der Waals surface area contributed by atoms with Crippen LogP contribution in [-0.4, -0.2) is 9.55 Å². The standard InChI is InChI=1S/C13H16ClN3/c14-10-5-2-6-11-12(10)16-13(15)17(11)8-7-9-3-1-4-9/h2,5-6,9H,1,3-4,7-8H2,(H2,15,16). The molecule has 3 nitrogen and oxygen atoms in total. The van der Waals surface area contributed by atoms with Crippen LogP contribution in [-0.2, 0) is 6.54 Å². The first kappa shape index (κ1) is 10.9. The maximum absolute atomic E-state index is 6.11. The minimum atomic E-state index is 0.576. The molecular formula is C13H16ClN3. The Morgan fingerprint density at radius 3 is 2.94 bits per heavy atom. The van der Waals surface area contributed by atoms with Gasteiger partial charge in [-0.15, -0.1) is 0 Å². The lowest BCUT2D eigenvalue weighted by Gasteiger charge is -2.25. The van der Waals surface area contributed by atoms with Gasteiger partial charge in [0.05, 0.1) is 10.5 Å². The third kappa shape index (κ3) is 1.89. The number of fused-ring (bicyclic) bond motifs is 1. The van der Waals surface area contributed by atoms with Gasteiger partial charge < -0.3 is 10.3 Å². The van der Waals surface area contributed by atoms with Crippen molar-refractivity contribution in [2.45, 2.75) is 32.2 Å². The molecule has 1 heterocycles. The average molecular weight is 250 g/mol. The smallest absolute Gasteiger partial charge is 0.201 e. The highest BCUT2D eigenvalue weighted by Gasteiger charge is 2.18. The average Bonchev–Trinajstić information content (AvgIpc) is 2.55. The van der Waals surface area contributed by atoms with Crippen molar-refractivity contribution >= 4 is 28.6 Å². The number of anilines is 1. The summed E-state index contributed by atoms with van der Waals surface area (Å²) in [6.45, 7) is 0.952. The first-order chi connectivity index (χ1) is 8.25. The molecule has 2 N–H and O–H groups in total. The van der Waals surface area contributed by atoms with Crippen molar-refractivity contribution in [3.63, 3.8) is 0 Å². The fourth-order valence-electron chi connectivity index (χ4n) is 2.46. The van der Waals surface area contributed by atoms with E-state index in [1.807, 2.05) is 18.2 Å². The minimum absolute atomic E-state index is 0.576. The predicted octanol–water partition coefficient (Wildman–Crippen LogP) is 3.46. The third-order valence-corrected chi connectivity index (χ3v) is 4.05. The van der Waals surface area contributed by atoms with Crippen molar-refractivity contribution in [2.24, 2.45) is 5.92 Å². The van der Waals surface area contributed by atoms with E-state index < -0.39 is 0 Å². The monoisotopic (exact) mass is 249 g/mol. The van der Waals surface area contributed by atoms with Gasteiger partial charge >= 0.3 is 0 Å². The van der Waals surface area contributed by atoms with E-state index in [-0.39, 0.29) is 0 Å². The number of nitrogens with zero attached hydrogens (tertiary/aromatic N) is 2. The molecule has 17 heavy (non-hydrogen) atoms. The van der Waals surface area contributed by atoms with Gasteiger partial charge in [-0.2, -0.15) is 0 Å². The van der Waals surface area contributed by atoms with E-state index in [2.05, 4.69) is 9.55 Å². The van der Waals surface area contributed by atoms with Crippen LogP contribution < -0.4 is 5.73 Å². The van der Waals surface area contributed by atoms with Crippen molar-refractivity contribution in [1.82, 2.24) is 9.55 Å². The molecule has 1 aliphatic carbocycles. The van der Waals surface area contributed by atoms with Gasteiger partial charge in [-0.1, -0.05) is 36.9 Å². The van der Waals surface area contributed by atoms with Crippen LogP contribution in [0, 0.1) is 5.92 Å². The molecule has 0 spiro atoms. The zero-order valence-electron chi connectivity index (χ0n) is 9.69. The van der Waals surface area contributed by atoms with Crippen LogP contribution in [0.25, 0.3) is 11.0 Å². The molecule has 3 rings (SSSR count). The number of nitrogens with two attached hydrogens (primary N) is 1. The van der Waals surface area contributed by atoms with E-state index in [1.54, 1.807) is 0 Å². The van der Waals surface area contributed by atoms with E-state index in [4.69, 9.17) is 17.3 Å². The van der Waals surface area contributed by atoms with Gasteiger partial charge in [0.15, 0.2) is 0 Å². The molecule has 2 aromatic rings. The Morgan fingerprint density at radius 1 is 1.41 bits per heavy atom. The molecule has 0 saturated heterocycles. The Labute approximate surface area is 106 Å². The lowest BCUT2D eigenvalue weighted by Crippen LogP contribution is -2.14. The Bertz CT molecular complexity index is 543. The maximum atomic E-state index is 6.11. The van der Waals surface area contributed by atoms with Crippen LogP contribution in [0.5, 0.6) is 0 Å². The Hall–Kier alpha value is -1.22. The number of rotatable bonds is 3. The molecule has 0 atom stereocenters. The van der Waals surface area contributed by atoms with Crippen LogP contribution in [0.15, 0.2) is 18.2 Å². The van der Waals surface area contributed by atoms with Gasteiger partial charge in [0.25, 0.3) is 0 Å². The second kappa shape index (κ2) is 4.22. The number of para-hydroxylation sites is 1. The molecule has 0 aliphatic heterocycles. The maximum Gasteiger partial charge on any atom is 0.201 e. The van der Waals surface area contributed by atoms with Crippen molar-refractivity contribution in [3.05, 3.63) is 23.2 Å². The van der Waals surface area contributed by atoms with Crippen LogP contribution in [0.2, 0.25) is 5.02 Å². The Morgan fingerprint density at radius 2 is 2.24 bits per heavy atom. The summed E-state index contributed by atoms with van der Waals surface area (Å²) < 4.78 is 2.08. The molecule has 1 aliphatic rings. The number of aryl methyl sites for hydroxylation is 1. The largest absolute Gasteiger partial charge is 0.369 e. The number of halogens is 1. The Balaban J connectivity index is 1.91. The van der Waals surface area contributed by atoms with Crippen LogP contribution in [0.4, 0.5) is 5.95 Å². The summed E-state index contributed by atoms with van der Waals surface area (Å²) in [7, 11) is 0. The van der Waals surface area contributed by atoms with Gasteiger partial charge in [-0.05, 0) is 24.5 Å². The zero-order valence-corrected chi connectivity index (χ0v) is 10.5. The highest BCUT2D eigenvalue weighted by molar-refractivity contribution is 6.35. The van der Waals surface area contributed by atoms with Crippen molar-refractivity contribution in [1.29, 1.82) is 0 Å². The summed E-state index contributed by atoms with van der Waals surface area (Å²) >= 11 is 6.11. The van der Waals surface area contributed by atoms with Gasteiger partial charge in [0.1, 0.15) is 5.52 Å². The van der Waals surface area contributed by atoms with Gasteiger partial charge in [-0.3, -0.25) is 0 Å². The quantitative estimate of drug-likeness (QED) is 0.905. The molecule has 0 radical (unpaired) electrons. The zero-order chi connectivity index (χ0) is 11.8. The summed E-state index contributed by atoms with van der Waals surface area (Å²) in [5, 5.41) is 0.677. The van der Waals surface area contributed by atoms with Crippen molar-refractivity contribution in [3.8, 4) is 0 Å². The molecule has 1 fully saturated rings. The number of nitrogen functional groups attached to an aromatic ring is 1. The topological polar surface area (TPSA) is 43.8 Å². The van der Waals surface area contributed by atoms with E-state index in [0.29, 0.717) is 11.0 Å². The van der Waals surface area contributed by atoms with Crippen molar-refractivity contribution < 1.29 is 0 Å². The molecule has 1 saturated carbocycles. The lowest BCUT2D eigenvalue weighted by atomic mass is 9.83. The van der Waals surface area contributed by atoms with Gasteiger partial charge in [0.2, 0.25) is 5.95 Å². The van der Waals surface area contributed by atoms with E-state index in [9.17, 15) is 0 Å². The molecule has 90 valence electrons. The molecular weight excluding hydrogens is 234 g/mol. The lowest BCUT2D eigenvalue weighted by molar-refractivity contribution is 0.284. The van der Waals surface area contributed by atoms with E-state index in [1.165, 1.54) is 25.7 Å². The Kier molecular flexibility index (Phi) is 2.71. The molecule has 1 aromatic heterocycles. The summed E-state index contributed by atoms with van der Waals surface area (Å²) in [4.78, 5) is 4.34. The molecule has 4 heteroatoms. The fourth-order valence-corrected chi connectivity index (χ4v) is 2.67. The highest BCUT2D eigenvalue weighted by Crippen LogP contribution is 2.31. The van der Waals surface area contributed by atoms with Gasteiger partial charge in [-0.25, -0.2) is 4.98 Å². The van der Waals surface area contributed by atoms with E-state index >= 15 is 0 Å². The van der Waals surface area contributed by atoms with Crippen LogP contribution in [0.3, 0.4) is 0 Å². The highest BCUT2D eigenvalue weighted by atomic mass is 35.5. The summed E-state index contributed by atoms with van der Waals surface area (Å²) in [6, 6.07) is 5.84.